The predicted octanol–water partition coefficient (Wildman–Crippen LogP) is -0.136. The second-order valence-corrected chi connectivity index (χ2v) is 3.61. The van der Waals surface area contributed by atoms with E-state index in [-0.39, 0.29) is 35.9 Å². The van der Waals surface area contributed by atoms with Gasteiger partial charge in [-0.05, 0) is 25.1 Å². The topological polar surface area (TPSA) is 98.7 Å². The summed E-state index contributed by atoms with van der Waals surface area (Å²) in [4.78, 5) is 23.2. The maximum atomic E-state index is 11.6. The Kier molecular flexibility index (Phi) is 5.13. The van der Waals surface area contributed by atoms with Crippen LogP contribution in [-0.4, -0.2) is 41.7 Å². The molecule has 0 fully saturated rings. The summed E-state index contributed by atoms with van der Waals surface area (Å²) in [5.74, 6) is -0.969. The Morgan fingerprint density at radius 1 is 1.11 bits per heavy atom. The Morgan fingerprint density at radius 2 is 1.67 bits per heavy atom. The first-order valence-corrected chi connectivity index (χ1v) is 5.59. The monoisotopic (exact) mass is 252 g/mol. The fraction of sp³-hybridized carbons (Fsp3) is 0.333. The van der Waals surface area contributed by atoms with Crippen LogP contribution in [-0.2, 0) is 0 Å². The molecular weight excluding hydrogens is 236 g/mol. The van der Waals surface area contributed by atoms with Crippen LogP contribution in [0.1, 0.15) is 27.6 Å². The number of aliphatic hydroxyl groups is 1. The van der Waals surface area contributed by atoms with E-state index in [0.29, 0.717) is 6.54 Å². The van der Waals surface area contributed by atoms with Gasteiger partial charge in [0.1, 0.15) is 5.75 Å². The lowest BCUT2D eigenvalue weighted by Gasteiger charge is -2.07. The average molecular weight is 252 g/mol. The third kappa shape index (κ3) is 3.74. The highest BCUT2D eigenvalue weighted by Crippen LogP contribution is 2.15. The normalized spacial score (nSPS) is 9.89. The minimum absolute atomic E-state index is 0.116. The van der Waals surface area contributed by atoms with Crippen molar-refractivity contribution in [3.8, 4) is 5.75 Å². The van der Waals surface area contributed by atoms with Crippen LogP contribution in [0.15, 0.2) is 18.2 Å². The van der Waals surface area contributed by atoms with Crippen LogP contribution in [0.5, 0.6) is 5.75 Å². The van der Waals surface area contributed by atoms with Gasteiger partial charge in [0, 0.05) is 24.2 Å². The zero-order valence-electron chi connectivity index (χ0n) is 10.1. The smallest absolute Gasteiger partial charge is 0.251 e. The summed E-state index contributed by atoms with van der Waals surface area (Å²) in [5, 5.41) is 23.1. The first-order chi connectivity index (χ1) is 8.58. The Bertz CT molecular complexity index is 446. The van der Waals surface area contributed by atoms with Crippen molar-refractivity contribution in [1.29, 1.82) is 0 Å². The lowest BCUT2D eigenvalue weighted by atomic mass is 10.1. The van der Waals surface area contributed by atoms with E-state index < -0.39 is 5.91 Å². The van der Waals surface area contributed by atoms with Gasteiger partial charge in [0.25, 0.3) is 11.8 Å². The standard InChI is InChI=1S/C12H16N2O4/c1-2-13-11(17)8-5-9(7-10(16)6-8)12(18)14-3-4-15/h5-7,15-16H,2-4H2,1H3,(H,13,17)(H,14,18). The molecule has 6 nitrogen and oxygen atoms in total. The molecule has 0 saturated carbocycles. The Labute approximate surface area is 105 Å². The number of carbonyl (C=O) groups excluding carboxylic acids is 2. The number of aromatic hydroxyl groups is 1. The Balaban J connectivity index is 2.93. The highest BCUT2D eigenvalue weighted by atomic mass is 16.3. The van der Waals surface area contributed by atoms with Crippen LogP contribution >= 0.6 is 0 Å². The molecular formula is C12H16N2O4. The van der Waals surface area contributed by atoms with Gasteiger partial charge in [-0.15, -0.1) is 0 Å². The molecule has 1 aromatic carbocycles. The van der Waals surface area contributed by atoms with Gasteiger partial charge in [-0.25, -0.2) is 0 Å². The van der Waals surface area contributed by atoms with E-state index in [1.54, 1.807) is 6.92 Å². The molecule has 98 valence electrons. The quantitative estimate of drug-likeness (QED) is 0.586. The number of phenolic OH excluding ortho intramolecular Hbond substituents is 1. The molecule has 0 aliphatic carbocycles. The lowest BCUT2D eigenvalue weighted by Crippen LogP contribution is -2.27. The molecule has 1 aromatic rings. The first kappa shape index (κ1) is 14.0. The van der Waals surface area contributed by atoms with E-state index in [1.807, 2.05) is 0 Å². The van der Waals surface area contributed by atoms with E-state index in [2.05, 4.69) is 10.6 Å². The maximum absolute atomic E-state index is 11.6. The molecule has 2 amide bonds. The molecule has 1 rings (SSSR count). The van der Waals surface area contributed by atoms with E-state index in [0.717, 1.165) is 0 Å². The largest absolute Gasteiger partial charge is 0.508 e. The van der Waals surface area contributed by atoms with Gasteiger partial charge in [-0.3, -0.25) is 9.59 Å². The molecule has 0 aliphatic rings. The van der Waals surface area contributed by atoms with E-state index in [1.165, 1.54) is 18.2 Å². The van der Waals surface area contributed by atoms with Crippen molar-refractivity contribution in [2.75, 3.05) is 19.7 Å². The summed E-state index contributed by atoms with van der Waals surface area (Å²) in [6, 6.07) is 3.93. The number of benzene rings is 1. The summed E-state index contributed by atoms with van der Waals surface area (Å²) in [7, 11) is 0. The van der Waals surface area contributed by atoms with Crippen LogP contribution in [0.2, 0.25) is 0 Å². The Morgan fingerprint density at radius 3 is 2.17 bits per heavy atom. The van der Waals surface area contributed by atoms with Crippen molar-refractivity contribution in [1.82, 2.24) is 10.6 Å². The zero-order chi connectivity index (χ0) is 13.5. The third-order valence-electron chi connectivity index (χ3n) is 2.18. The summed E-state index contributed by atoms with van der Waals surface area (Å²) in [6.07, 6.45) is 0. The summed E-state index contributed by atoms with van der Waals surface area (Å²) < 4.78 is 0. The second kappa shape index (κ2) is 6.61. The second-order valence-electron chi connectivity index (χ2n) is 3.61. The molecule has 0 bridgehead atoms. The molecule has 0 radical (unpaired) electrons. The fourth-order valence-electron chi connectivity index (χ4n) is 1.41. The van der Waals surface area contributed by atoms with Crippen molar-refractivity contribution >= 4 is 11.8 Å². The van der Waals surface area contributed by atoms with Crippen molar-refractivity contribution in [2.45, 2.75) is 6.92 Å². The van der Waals surface area contributed by atoms with Crippen molar-refractivity contribution in [3.63, 3.8) is 0 Å². The number of rotatable bonds is 5. The number of carbonyl (C=O) groups is 2. The van der Waals surface area contributed by atoms with Gasteiger partial charge in [0.15, 0.2) is 0 Å². The molecule has 0 heterocycles. The molecule has 18 heavy (non-hydrogen) atoms. The number of hydrogen-bond acceptors (Lipinski definition) is 4. The van der Waals surface area contributed by atoms with Gasteiger partial charge in [0.05, 0.1) is 6.61 Å². The van der Waals surface area contributed by atoms with Crippen molar-refractivity contribution in [3.05, 3.63) is 29.3 Å². The van der Waals surface area contributed by atoms with Crippen LogP contribution in [0.25, 0.3) is 0 Å². The molecule has 0 atom stereocenters. The number of hydrogen-bond donors (Lipinski definition) is 4. The van der Waals surface area contributed by atoms with E-state index >= 15 is 0 Å². The minimum atomic E-state index is -0.453. The lowest BCUT2D eigenvalue weighted by molar-refractivity contribution is 0.0944. The summed E-state index contributed by atoms with van der Waals surface area (Å²) in [6.45, 7) is 2.18. The van der Waals surface area contributed by atoms with Crippen LogP contribution in [0.4, 0.5) is 0 Å². The molecule has 0 aliphatic heterocycles. The first-order valence-electron chi connectivity index (χ1n) is 5.59. The number of phenols is 1. The van der Waals surface area contributed by atoms with E-state index in [9.17, 15) is 14.7 Å². The minimum Gasteiger partial charge on any atom is -0.508 e. The zero-order valence-corrected chi connectivity index (χ0v) is 10.1. The molecule has 6 heteroatoms. The highest BCUT2D eigenvalue weighted by Gasteiger charge is 2.12. The SMILES string of the molecule is CCNC(=O)c1cc(O)cc(C(=O)NCCO)c1. The number of amides is 2. The fourth-order valence-corrected chi connectivity index (χ4v) is 1.41. The molecule has 0 saturated heterocycles. The summed E-state index contributed by atoms with van der Waals surface area (Å²) in [5.41, 5.74) is 0.385. The van der Waals surface area contributed by atoms with Crippen molar-refractivity contribution in [2.24, 2.45) is 0 Å². The van der Waals surface area contributed by atoms with Crippen LogP contribution in [0, 0.1) is 0 Å². The molecule has 0 aromatic heterocycles. The Hall–Kier alpha value is -2.08. The molecule has 0 unspecified atom stereocenters. The van der Waals surface area contributed by atoms with Gasteiger partial charge >= 0.3 is 0 Å². The average Bonchev–Trinajstić information content (AvgIpc) is 2.35. The predicted molar refractivity (Wildman–Crippen MR) is 65.5 cm³/mol. The van der Waals surface area contributed by atoms with Gasteiger partial charge in [-0.1, -0.05) is 0 Å². The van der Waals surface area contributed by atoms with Gasteiger partial charge < -0.3 is 20.8 Å². The number of aliphatic hydroxyl groups excluding tert-OH is 1. The van der Waals surface area contributed by atoms with Crippen LogP contribution < -0.4 is 10.6 Å². The highest BCUT2D eigenvalue weighted by molar-refractivity contribution is 6.00. The summed E-state index contributed by atoms with van der Waals surface area (Å²) >= 11 is 0. The maximum Gasteiger partial charge on any atom is 0.251 e. The third-order valence-corrected chi connectivity index (χ3v) is 2.18. The van der Waals surface area contributed by atoms with Gasteiger partial charge in [0.2, 0.25) is 0 Å². The molecule has 4 N–H and O–H groups in total. The van der Waals surface area contributed by atoms with Gasteiger partial charge in [-0.2, -0.15) is 0 Å². The number of nitrogens with one attached hydrogen (secondary N) is 2. The van der Waals surface area contributed by atoms with E-state index in [4.69, 9.17) is 5.11 Å². The molecule has 0 spiro atoms. The van der Waals surface area contributed by atoms with Crippen molar-refractivity contribution < 1.29 is 19.8 Å². The van der Waals surface area contributed by atoms with Crippen LogP contribution in [0.3, 0.4) is 0 Å².